The van der Waals surface area contributed by atoms with Crippen LogP contribution < -0.4 is 22.7 Å². The summed E-state index contributed by atoms with van der Waals surface area (Å²) in [7, 11) is 4.60. The summed E-state index contributed by atoms with van der Waals surface area (Å²) in [6.07, 6.45) is 36.7. The van der Waals surface area contributed by atoms with Crippen LogP contribution in [0.2, 0.25) is 0 Å². The number of halogens is 1. The molecular weight excluding hydrogens is 572 g/mol. The summed E-state index contributed by atoms with van der Waals surface area (Å²) in [5, 5.41) is 0. The third-order valence-corrected chi connectivity index (χ3v) is 7.78. The van der Waals surface area contributed by atoms with Crippen LogP contribution in [-0.2, 0) is 9.47 Å². The molecule has 0 saturated heterocycles. The van der Waals surface area contributed by atoms with Crippen LogP contribution >= 0.6 is 0 Å². The van der Waals surface area contributed by atoms with Gasteiger partial charge < -0.3 is 36.7 Å². The maximum Gasteiger partial charge on any atom is 0.130 e. The Morgan fingerprint density at radius 3 is 1.51 bits per heavy atom. The standard InChI is InChI=1S/C36H73N2O2.BrH/c1-5-7-9-11-13-15-17-19-21-23-25-27-32-39-35-36(34-38(3,4)31-29-30-37)40-33-28-26-24-22-20-18-16-14-12-10-8-6-2;/h11-14,36H,5-10,15-35,37H2,1-4H3;1H/q+1;/p-1/b13-11-,14-12-;/t36-;/m1./s1. The summed E-state index contributed by atoms with van der Waals surface area (Å²) < 4.78 is 13.5. The number of quaternary nitrogens is 1. The molecule has 0 aromatic rings. The molecule has 0 aromatic carbocycles. The first kappa shape index (κ1) is 42.9. The Morgan fingerprint density at radius 2 is 1.02 bits per heavy atom. The first-order valence-corrected chi connectivity index (χ1v) is 17.6. The highest BCUT2D eigenvalue weighted by atomic mass is 79.9. The number of rotatable bonds is 32. The van der Waals surface area contributed by atoms with E-state index in [0.29, 0.717) is 0 Å². The van der Waals surface area contributed by atoms with Gasteiger partial charge in [-0.25, -0.2) is 0 Å². The second kappa shape index (κ2) is 34.3. The molecule has 0 radical (unpaired) electrons. The van der Waals surface area contributed by atoms with Crippen LogP contribution in [0.15, 0.2) is 24.3 Å². The fourth-order valence-corrected chi connectivity index (χ4v) is 5.14. The Labute approximate surface area is 268 Å². The maximum absolute atomic E-state index is 6.38. The number of ether oxygens (including phenoxy) is 2. The zero-order chi connectivity index (χ0) is 29.4. The van der Waals surface area contributed by atoms with E-state index in [1.807, 2.05) is 0 Å². The molecule has 0 saturated carbocycles. The molecule has 1 atom stereocenters. The van der Waals surface area contributed by atoms with Crippen molar-refractivity contribution in [3.05, 3.63) is 24.3 Å². The number of allylic oxidation sites excluding steroid dienone is 4. The average Bonchev–Trinajstić information content (AvgIpc) is 2.94. The molecule has 5 heteroatoms. The van der Waals surface area contributed by atoms with Crippen molar-refractivity contribution >= 4 is 0 Å². The van der Waals surface area contributed by atoms with Crippen LogP contribution in [0, 0.1) is 0 Å². The Hall–Kier alpha value is -0.200. The van der Waals surface area contributed by atoms with Crippen LogP contribution in [0.25, 0.3) is 0 Å². The molecule has 0 heterocycles. The van der Waals surface area contributed by atoms with Gasteiger partial charge in [-0.1, -0.05) is 115 Å². The van der Waals surface area contributed by atoms with Gasteiger partial charge in [0.25, 0.3) is 0 Å². The molecule has 2 N–H and O–H groups in total. The average molecular weight is 646 g/mol. The third kappa shape index (κ3) is 34.2. The van der Waals surface area contributed by atoms with E-state index in [4.69, 9.17) is 15.2 Å². The van der Waals surface area contributed by atoms with E-state index in [0.717, 1.165) is 56.8 Å². The number of hydrogen-bond donors (Lipinski definition) is 1. The topological polar surface area (TPSA) is 44.5 Å². The van der Waals surface area contributed by atoms with Gasteiger partial charge in [-0.05, 0) is 57.9 Å². The lowest BCUT2D eigenvalue weighted by atomic mass is 10.1. The molecular formula is C36H73BrN2O2. The number of nitrogens with zero attached hydrogens (tertiary/aromatic N) is 1. The summed E-state index contributed by atoms with van der Waals surface area (Å²) in [5.41, 5.74) is 5.78. The van der Waals surface area contributed by atoms with E-state index in [1.54, 1.807) is 0 Å². The molecule has 0 amide bonds. The molecule has 0 aliphatic heterocycles. The predicted octanol–water partition coefficient (Wildman–Crippen LogP) is 6.77. The molecule has 0 aliphatic carbocycles. The third-order valence-electron chi connectivity index (χ3n) is 7.78. The molecule has 0 aromatic heterocycles. The lowest BCUT2D eigenvalue weighted by Gasteiger charge is -2.33. The summed E-state index contributed by atoms with van der Waals surface area (Å²) >= 11 is 0. The maximum atomic E-state index is 6.38. The van der Waals surface area contributed by atoms with E-state index in [9.17, 15) is 0 Å². The van der Waals surface area contributed by atoms with Gasteiger partial charge in [0.05, 0.1) is 27.2 Å². The van der Waals surface area contributed by atoms with Crippen LogP contribution in [0.5, 0.6) is 0 Å². The van der Waals surface area contributed by atoms with Crippen molar-refractivity contribution in [3.8, 4) is 0 Å². The van der Waals surface area contributed by atoms with Crippen LogP contribution in [0.1, 0.15) is 149 Å². The Bertz CT molecular complexity index is 554. The Balaban J connectivity index is 0. The number of unbranched alkanes of at least 4 members (excludes halogenated alkanes) is 16. The Kier molecular flexibility index (Phi) is 35.9. The van der Waals surface area contributed by atoms with Gasteiger partial charge in [-0.2, -0.15) is 0 Å². The summed E-state index contributed by atoms with van der Waals surface area (Å²) in [5.74, 6) is 0. The molecule has 0 aliphatic rings. The molecule has 4 nitrogen and oxygen atoms in total. The van der Waals surface area contributed by atoms with Gasteiger partial charge in [-0.15, -0.1) is 0 Å². The van der Waals surface area contributed by atoms with Crippen molar-refractivity contribution in [2.75, 3.05) is 53.6 Å². The van der Waals surface area contributed by atoms with Gasteiger partial charge in [0.2, 0.25) is 0 Å². The molecule has 41 heavy (non-hydrogen) atoms. The van der Waals surface area contributed by atoms with Crippen molar-refractivity contribution in [3.63, 3.8) is 0 Å². The minimum atomic E-state index is 0. The highest BCUT2D eigenvalue weighted by Gasteiger charge is 2.22. The van der Waals surface area contributed by atoms with Crippen molar-refractivity contribution in [1.82, 2.24) is 0 Å². The van der Waals surface area contributed by atoms with Crippen molar-refractivity contribution in [2.45, 2.75) is 155 Å². The lowest BCUT2D eigenvalue weighted by Crippen LogP contribution is -3.00. The molecule has 0 unspecified atom stereocenters. The van der Waals surface area contributed by atoms with Gasteiger partial charge in [-0.3, -0.25) is 0 Å². The highest BCUT2D eigenvalue weighted by Crippen LogP contribution is 2.12. The highest BCUT2D eigenvalue weighted by molar-refractivity contribution is 4.81. The first-order valence-electron chi connectivity index (χ1n) is 17.6. The second-order valence-electron chi connectivity index (χ2n) is 12.6. The van der Waals surface area contributed by atoms with Crippen LogP contribution in [-0.4, -0.2) is 64.1 Å². The molecule has 0 rings (SSSR count). The lowest BCUT2D eigenvalue weighted by molar-refractivity contribution is -0.893. The summed E-state index contributed by atoms with van der Waals surface area (Å²) in [4.78, 5) is 0. The van der Waals surface area contributed by atoms with Gasteiger partial charge >= 0.3 is 0 Å². The molecule has 0 bridgehead atoms. The van der Waals surface area contributed by atoms with Crippen molar-refractivity contribution in [2.24, 2.45) is 5.73 Å². The zero-order valence-corrected chi connectivity index (χ0v) is 29.8. The van der Waals surface area contributed by atoms with E-state index >= 15 is 0 Å². The van der Waals surface area contributed by atoms with E-state index < -0.39 is 0 Å². The zero-order valence-electron chi connectivity index (χ0n) is 28.2. The minimum Gasteiger partial charge on any atom is -1.00 e. The number of likely N-dealkylation sites (N-methyl/N-ethyl adjacent to an activating group) is 1. The van der Waals surface area contributed by atoms with Gasteiger partial charge in [0.15, 0.2) is 0 Å². The fourth-order valence-electron chi connectivity index (χ4n) is 5.14. The molecule has 0 spiro atoms. The van der Waals surface area contributed by atoms with Gasteiger partial charge in [0.1, 0.15) is 12.6 Å². The quantitative estimate of drug-likeness (QED) is 0.0499. The summed E-state index contributed by atoms with van der Waals surface area (Å²) in [6.45, 7) is 9.82. The second-order valence-corrected chi connectivity index (χ2v) is 12.6. The van der Waals surface area contributed by atoms with E-state index in [-0.39, 0.29) is 23.1 Å². The smallest absolute Gasteiger partial charge is 0.130 e. The molecule has 0 fully saturated rings. The van der Waals surface area contributed by atoms with E-state index in [2.05, 4.69) is 52.2 Å². The monoisotopic (exact) mass is 644 g/mol. The fraction of sp³-hybridized carbons (Fsp3) is 0.889. The number of hydrogen-bond acceptors (Lipinski definition) is 3. The van der Waals surface area contributed by atoms with E-state index in [1.165, 1.54) is 122 Å². The molecule has 246 valence electrons. The predicted molar refractivity (Wildman–Crippen MR) is 178 cm³/mol. The SMILES string of the molecule is CCCC/C=C\CCCCCCCCOC[C@@H](C[N+](C)(C)CCCN)OCCCCCCCC/C=C\CCCC.[Br-]. The minimum absolute atomic E-state index is 0. The van der Waals surface area contributed by atoms with Crippen molar-refractivity contribution < 1.29 is 30.9 Å². The van der Waals surface area contributed by atoms with Crippen molar-refractivity contribution in [1.29, 1.82) is 0 Å². The number of nitrogens with two attached hydrogens (primary N) is 1. The normalized spacial score (nSPS) is 12.9. The first-order chi connectivity index (χ1) is 19.6. The largest absolute Gasteiger partial charge is 1.00 e. The van der Waals surface area contributed by atoms with Gasteiger partial charge in [0, 0.05) is 19.6 Å². The van der Waals surface area contributed by atoms with Crippen LogP contribution in [0.3, 0.4) is 0 Å². The summed E-state index contributed by atoms with van der Waals surface area (Å²) in [6, 6.07) is 0. The van der Waals surface area contributed by atoms with Crippen LogP contribution in [0.4, 0.5) is 0 Å². The Morgan fingerprint density at radius 1 is 0.585 bits per heavy atom.